The van der Waals surface area contributed by atoms with Gasteiger partial charge in [-0.2, -0.15) is 0 Å². The molecule has 1 saturated heterocycles. The molecule has 0 spiro atoms. The maximum Gasteiger partial charge on any atom is 0.410 e. The van der Waals surface area contributed by atoms with Crippen molar-refractivity contribution in [2.45, 2.75) is 19.2 Å². The highest BCUT2D eigenvalue weighted by atomic mass is 79.9. The van der Waals surface area contributed by atoms with Gasteiger partial charge in [0.1, 0.15) is 18.2 Å². The summed E-state index contributed by atoms with van der Waals surface area (Å²) in [5.74, 6) is -0.975. The number of likely N-dealkylation sites (tertiary alicyclic amines) is 1. The topological polar surface area (TPSA) is 41.6 Å². The van der Waals surface area contributed by atoms with Gasteiger partial charge in [-0.25, -0.2) is 13.6 Å². The molecule has 7 heteroatoms. The lowest BCUT2D eigenvalue weighted by Crippen LogP contribution is -2.59. The SMILES string of the molecule is O=C(OCc1ccccc1)N1CC(NCc2c(F)ccc(F)c2Br)C1. The van der Waals surface area contributed by atoms with Crippen LogP contribution in [-0.2, 0) is 17.9 Å². The molecule has 0 aromatic heterocycles. The van der Waals surface area contributed by atoms with Crippen molar-refractivity contribution in [2.75, 3.05) is 13.1 Å². The van der Waals surface area contributed by atoms with Crippen LogP contribution in [0.25, 0.3) is 0 Å². The van der Waals surface area contributed by atoms with Crippen molar-refractivity contribution in [3.8, 4) is 0 Å². The highest BCUT2D eigenvalue weighted by Crippen LogP contribution is 2.24. The molecule has 1 aliphatic rings. The van der Waals surface area contributed by atoms with Crippen LogP contribution in [0.15, 0.2) is 46.9 Å². The number of hydrogen-bond acceptors (Lipinski definition) is 3. The van der Waals surface area contributed by atoms with Gasteiger partial charge in [-0.15, -0.1) is 0 Å². The van der Waals surface area contributed by atoms with Crippen molar-refractivity contribution in [1.29, 1.82) is 0 Å². The van der Waals surface area contributed by atoms with E-state index < -0.39 is 11.6 Å². The second-order valence-electron chi connectivity index (χ2n) is 5.84. The van der Waals surface area contributed by atoms with Gasteiger partial charge >= 0.3 is 6.09 Å². The van der Waals surface area contributed by atoms with Gasteiger partial charge in [-0.05, 0) is 33.6 Å². The van der Waals surface area contributed by atoms with Crippen LogP contribution in [0.1, 0.15) is 11.1 Å². The quantitative estimate of drug-likeness (QED) is 0.761. The molecule has 1 fully saturated rings. The molecule has 1 heterocycles. The van der Waals surface area contributed by atoms with E-state index in [9.17, 15) is 13.6 Å². The minimum atomic E-state index is -0.502. The van der Waals surface area contributed by atoms with Crippen molar-refractivity contribution in [3.63, 3.8) is 0 Å². The van der Waals surface area contributed by atoms with Crippen LogP contribution in [0.2, 0.25) is 0 Å². The first-order chi connectivity index (χ1) is 12.0. The van der Waals surface area contributed by atoms with E-state index in [0.717, 1.165) is 17.7 Å². The number of ether oxygens (including phenoxy) is 1. The Balaban J connectivity index is 1.42. The van der Waals surface area contributed by atoms with Crippen LogP contribution in [0.3, 0.4) is 0 Å². The average molecular weight is 411 g/mol. The van der Waals surface area contributed by atoms with Gasteiger partial charge < -0.3 is 15.0 Å². The van der Waals surface area contributed by atoms with Crippen LogP contribution >= 0.6 is 15.9 Å². The molecule has 1 amide bonds. The summed E-state index contributed by atoms with van der Waals surface area (Å²) in [6, 6.07) is 11.7. The first-order valence-electron chi connectivity index (χ1n) is 7.86. The zero-order valence-electron chi connectivity index (χ0n) is 13.3. The summed E-state index contributed by atoms with van der Waals surface area (Å²) in [4.78, 5) is 13.5. The van der Waals surface area contributed by atoms with Gasteiger partial charge in [-0.1, -0.05) is 30.3 Å². The number of halogens is 3. The highest BCUT2D eigenvalue weighted by Gasteiger charge is 2.31. The molecule has 0 unspecified atom stereocenters. The van der Waals surface area contributed by atoms with Gasteiger partial charge in [0.2, 0.25) is 0 Å². The molecule has 2 aromatic carbocycles. The van der Waals surface area contributed by atoms with Crippen molar-refractivity contribution >= 4 is 22.0 Å². The Morgan fingerprint density at radius 2 is 1.84 bits per heavy atom. The molecule has 0 atom stereocenters. The van der Waals surface area contributed by atoms with Crippen LogP contribution in [0.5, 0.6) is 0 Å². The van der Waals surface area contributed by atoms with Crippen molar-refractivity contribution in [2.24, 2.45) is 0 Å². The Hall–Kier alpha value is -1.99. The number of carbonyl (C=O) groups is 1. The third kappa shape index (κ3) is 4.35. The second kappa shape index (κ2) is 7.93. The monoisotopic (exact) mass is 410 g/mol. The molecule has 2 aromatic rings. The first-order valence-corrected chi connectivity index (χ1v) is 8.65. The molecule has 0 radical (unpaired) electrons. The summed E-state index contributed by atoms with van der Waals surface area (Å²) in [7, 11) is 0. The Labute approximate surface area is 152 Å². The van der Waals surface area contributed by atoms with Crippen LogP contribution < -0.4 is 5.32 Å². The van der Waals surface area contributed by atoms with Gasteiger partial charge in [0.05, 0.1) is 4.47 Å². The van der Waals surface area contributed by atoms with E-state index in [1.54, 1.807) is 4.90 Å². The van der Waals surface area contributed by atoms with Crippen molar-refractivity contribution in [3.05, 3.63) is 69.7 Å². The van der Waals surface area contributed by atoms with Gasteiger partial charge in [0.15, 0.2) is 0 Å². The highest BCUT2D eigenvalue weighted by molar-refractivity contribution is 9.10. The molecule has 0 bridgehead atoms. The molecule has 0 aliphatic carbocycles. The summed E-state index contributed by atoms with van der Waals surface area (Å²) < 4.78 is 32.6. The molecule has 0 saturated carbocycles. The third-order valence-corrected chi connectivity index (χ3v) is 4.91. The smallest absolute Gasteiger partial charge is 0.410 e. The number of amides is 1. The second-order valence-corrected chi connectivity index (χ2v) is 6.64. The Morgan fingerprint density at radius 1 is 1.16 bits per heavy atom. The van der Waals surface area contributed by atoms with Crippen LogP contribution in [0.4, 0.5) is 13.6 Å². The predicted molar refractivity (Wildman–Crippen MR) is 92.9 cm³/mol. The average Bonchev–Trinajstić information content (AvgIpc) is 2.58. The Kier molecular flexibility index (Phi) is 5.65. The normalized spacial score (nSPS) is 14.3. The lowest BCUT2D eigenvalue weighted by atomic mass is 10.1. The van der Waals surface area contributed by atoms with E-state index in [1.807, 2.05) is 30.3 Å². The Morgan fingerprint density at radius 3 is 2.56 bits per heavy atom. The van der Waals surface area contributed by atoms with E-state index >= 15 is 0 Å². The third-order valence-electron chi connectivity index (χ3n) is 4.05. The number of rotatable bonds is 5. The lowest BCUT2D eigenvalue weighted by molar-refractivity contribution is 0.0599. The number of carbonyl (C=O) groups excluding carboxylic acids is 1. The zero-order valence-corrected chi connectivity index (χ0v) is 14.9. The number of hydrogen-bond donors (Lipinski definition) is 1. The van der Waals surface area contributed by atoms with Gasteiger partial charge in [-0.3, -0.25) is 0 Å². The fourth-order valence-corrected chi connectivity index (χ4v) is 3.01. The molecule has 132 valence electrons. The number of nitrogens with zero attached hydrogens (tertiary/aromatic N) is 1. The standard InChI is InChI=1S/C18H17BrF2N2O2/c19-17-14(15(20)6-7-16(17)21)8-22-13-9-23(10-13)18(24)25-11-12-4-2-1-3-5-12/h1-7,13,22H,8-11H2. The van der Waals surface area contributed by atoms with Crippen LogP contribution in [0, 0.1) is 11.6 Å². The van der Waals surface area contributed by atoms with E-state index in [-0.39, 0.29) is 35.3 Å². The fraction of sp³-hybridized carbons (Fsp3) is 0.278. The molecular weight excluding hydrogens is 394 g/mol. The van der Waals surface area contributed by atoms with Gasteiger partial charge in [0.25, 0.3) is 0 Å². The van der Waals surface area contributed by atoms with E-state index in [2.05, 4.69) is 21.2 Å². The minimum Gasteiger partial charge on any atom is -0.445 e. The van der Waals surface area contributed by atoms with Crippen molar-refractivity contribution < 1.29 is 18.3 Å². The molecule has 25 heavy (non-hydrogen) atoms. The lowest BCUT2D eigenvalue weighted by Gasteiger charge is -2.38. The Bertz CT molecular complexity index is 752. The van der Waals surface area contributed by atoms with Crippen LogP contribution in [-0.4, -0.2) is 30.1 Å². The maximum atomic E-state index is 13.7. The molecular formula is C18H17BrF2N2O2. The molecule has 1 N–H and O–H groups in total. The summed E-state index contributed by atoms with van der Waals surface area (Å²) in [6.45, 7) is 1.36. The molecule has 4 nitrogen and oxygen atoms in total. The van der Waals surface area contributed by atoms with E-state index in [4.69, 9.17) is 4.74 Å². The molecule has 1 aliphatic heterocycles. The number of benzene rings is 2. The summed E-state index contributed by atoms with van der Waals surface area (Å²) in [6.07, 6.45) is -0.375. The summed E-state index contributed by atoms with van der Waals surface area (Å²) >= 11 is 3.06. The van der Waals surface area contributed by atoms with Crippen molar-refractivity contribution in [1.82, 2.24) is 10.2 Å². The molecule has 3 rings (SSSR count). The zero-order chi connectivity index (χ0) is 17.8. The number of nitrogens with one attached hydrogen (secondary N) is 1. The largest absolute Gasteiger partial charge is 0.445 e. The predicted octanol–water partition coefficient (Wildman–Crippen LogP) is 3.84. The minimum absolute atomic E-state index is 0.0267. The van der Waals surface area contributed by atoms with E-state index in [1.165, 1.54) is 0 Å². The summed E-state index contributed by atoms with van der Waals surface area (Å²) in [5, 5.41) is 3.12. The maximum absolute atomic E-state index is 13.7. The van der Waals surface area contributed by atoms with Gasteiger partial charge in [0, 0.05) is 31.2 Å². The summed E-state index contributed by atoms with van der Waals surface area (Å²) in [5.41, 5.74) is 1.17. The fourth-order valence-electron chi connectivity index (χ4n) is 2.54. The first kappa shape index (κ1) is 17.8. The van der Waals surface area contributed by atoms with E-state index in [0.29, 0.717) is 13.1 Å².